The van der Waals surface area contributed by atoms with Crippen molar-refractivity contribution in [3.63, 3.8) is 0 Å². The van der Waals surface area contributed by atoms with Crippen molar-refractivity contribution in [1.82, 2.24) is 0 Å². The van der Waals surface area contributed by atoms with Gasteiger partial charge in [0.25, 0.3) is 0 Å². The number of hydrogen-bond donors (Lipinski definition) is 0. The molecular weight excluding hydrogens is 112 g/mol. The average Bonchev–Trinajstić information content (AvgIpc) is 2.14. The molecule has 4 heteroatoms. The highest BCUT2D eigenvalue weighted by atomic mass is 28.2. The van der Waals surface area contributed by atoms with Crippen LogP contribution in [0.1, 0.15) is 6.42 Å². The molecule has 1 aliphatic heterocycles. The lowest BCUT2D eigenvalue weighted by molar-refractivity contribution is -0.309. The first-order valence-electron chi connectivity index (χ1n) is 2.24. The highest BCUT2D eigenvalue weighted by molar-refractivity contribution is 5.98. The first-order chi connectivity index (χ1) is 3.43. The molecule has 0 N–H and O–H groups in total. The first-order valence-corrected chi connectivity index (χ1v) is 3.06. The SMILES string of the molecule is [SiH3]OC1CCOO1. The van der Waals surface area contributed by atoms with Gasteiger partial charge in [0.05, 0.1) is 6.61 Å². The van der Waals surface area contributed by atoms with E-state index in [4.69, 9.17) is 4.43 Å². The molecular formula is C3H8O3Si. The van der Waals surface area contributed by atoms with E-state index in [0.717, 1.165) is 16.9 Å². The molecule has 42 valence electrons. The Kier molecular flexibility index (Phi) is 1.81. The van der Waals surface area contributed by atoms with Gasteiger partial charge in [0.15, 0.2) is 6.29 Å². The van der Waals surface area contributed by atoms with Crippen molar-refractivity contribution >= 4 is 10.5 Å². The van der Waals surface area contributed by atoms with Crippen LogP contribution < -0.4 is 0 Å². The molecule has 1 fully saturated rings. The van der Waals surface area contributed by atoms with Crippen LogP contribution in [0, 0.1) is 0 Å². The van der Waals surface area contributed by atoms with E-state index in [1.54, 1.807) is 0 Å². The maximum absolute atomic E-state index is 4.90. The summed E-state index contributed by atoms with van der Waals surface area (Å²) in [4.78, 5) is 9.16. The third-order valence-corrected chi connectivity index (χ3v) is 1.40. The Hall–Kier alpha value is 0.0969. The normalized spacial score (nSPS) is 31.7. The highest BCUT2D eigenvalue weighted by Gasteiger charge is 2.14. The van der Waals surface area contributed by atoms with Crippen LogP contribution in [0.25, 0.3) is 0 Å². The topological polar surface area (TPSA) is 27.7 Å². The van der Waals surface area contributed by atoms with Gasteiger partial charge in [0.1, 0.15) is 10.5 Å². The first kappa shape index (κ1) is 5.24. The van der Waals surface area contributed by atoms with Crippen molar-refractivity contribution in [3.8, 4) is 0 Å². The summed E-state index contributed by atoms with van der Waals surface area (Å²) >= 11 is 0. The lowest BCUT2D eigenvalue weighted by Gasteiger charge is -2.00. The molecule has 0 aromatic rings. The van der Waals surface area contributed by atoms with Crippen LogP contribution in [0.5, 0.6) is 0 Å². The molecule has 0 amide bonds. The predicted octanol–water partition coefficient (Wildman–Crippen LogP) is -1.04. The lowest BCUT2D eigenvalue weighted by atomic mass is 10.5. The maximum atomic E-state index is 4.90. The molecule has 0 aromatic heterocycles. The average molecular weight is 120 g/mol. The Morgan fingerprint density at radius 2 is 2.57 bits per heavy atom. The van der Waals surface area contributed by atoms with Crippen molar-refractivity contribution in [1.29, 1.82) is 0 Å². The van der Waals surface area contributed by atoms with Gasteiger partial charge in [-0.2, -0.15) is 0 Å². The molecule has 1 unspecified atom stereocenters. The zero-order valence-electron chi connectivity index (χ0n) is 4.22. The van der Waals surface area contributed by atoms with E-state index < -0.39 is 0 Å². The molecule has 1 saturated heterocycles. The van der Waals surface area contributed by atoms with E-state index in [2.05, 4.69) is 9.78 Å². The second kappa shape index (κ2) is 2.42. The summed E-state index contributed by atoms with van der Waals surface area (Å²) in [6.07, 6.45) is 0.815. The summed E-state index contributed by atoms with van der Waals surface area (Å²) in [5.74, 6) is 0. The smallest absolute Gasteiger partial charge is 0.183 e. The third-order valence-electron chi connectivity index (χ3n) is 0.875. The summed E-state index contributed by atoms with van der Waals surface area (Å²) < 4.78 is 4.90. The van der Waals surface area contributed by atoms with Crippen LogP contribution in [0.4, 0.5) is 0 Å². The van der Waals surface area contributed by atoms with E-state index in [1.807, 2.05) is 0 Å². The van der Waals surface area contributed by atoms with Gasteiger partial charge in [-0.15, -0.1) is 0 Å². The molecule has 0 aromatic carbocycles. The van der Waals surface area contributed by atoms with Crippen molar-refractivity contribution in [2.75, 3.05) is 6.61 Å². The largest absolute Gasteiger partial charge is 0.402 e. The Balaban J connectivity index is 2.14. The van der Waals surface area contributed by atoms with Crippen molar-refractivity contribution in [3.05, 3.63) is 0 Å². The number of rotatable bonds is 1. The zero-order chi connectivity index (χ0) is 5.11. The molecule has 1 rings (SSSR count). The van der Waals surface area contributed by atoms with Crippen molar-refractivity contribution < 1.29 is 14.2 Å². The lowest BCUT2D eigenvalue weighted by Crippen LogP contribution is -2.06. The Morgan fingerprint density at radius 1 is 1.71 bits per heavy atom. The van der Waals surface area contributed by atoms with Crippen LogP contribution in [0.2, 0.25) is 0 Å². The van der Waals surface area contributed by atoms with Crippen LogP contribution in [-0.2, 0) is 14.2 Å². The second-order valence-corrected chi connectivity index (χ2v) is 1.84. The summed E-state index contributed by atoms with van der Waals surface area (Å²) in [7, 11) is 0.727. The van der Waals surface area contributed by atoms with Crippen LogP contribution in [0.3, 0.4) is 0 Å². The minimum absolute atomic E-state index is 0.0633. The zero-order valence-corrected chi connectivity index (χ0v) is 6.22. The Labute approximate surface area is 45.0 Å². The highest BCUT2D eigenvalue weighted by Crippen LogP contribution is 2.07. The quantitative estimate of drug-likeness (QED) is 0.327. The van der Waals surface area contributed by atoms with E-state index in [9.17, 15) is 0 Å². The predicted molar refractivity (Wildman–Crippen MR) is 26.5 cm³/mol. The molecule has 0 aliphatic carbocycles. The van der Waals surface area contributed by atoms with Gasteiger partial charge < -0.3 is 4.43 Å². The molecule has 1 atom stereocenters. The fourth-order valence-corrected chi connectivity index (χ4v) is 0.788. The second-order valence-electron chi connectivity index (χ2n) is 1.37. The summed E-state index contributed by atoms with van der Waals surface area (Å²) in [5, 5.41) is 0. The van der Waals surface area contributed by atoms with Crippen LogP contribution in [0.15, 0.2) is 0 Å². The summed E-state index contributed by atoms with van der Waals surface area (Å²) in [6, 6.07) is 0. The fourth-order valence-electron chi connectivity index (χ4n) is 0.474. The molecule has 7 heavy (non-hydrogen) atoms. The third kappa shape index (κ3) is 1.24. The minimum atomic E-state index is -0.0633. The maximum Gasteiger partial charge on any atom is 0.183 e. The standard InChI is InChI=1S/C3H8O3Si/c7-6-3-1-2-4-5-3/h3H,1-2H2,7H3. The van der Waals surface area contributed by atoms with Gasteiger partial charge in [0, 0.05) is 6.42 Å². The van der Waals surface area contributed by atoms with Gasteiger partial charge >= 0.3 is 0 Å². The summed E-state index contributed by atoms with van der Waals surface area (Å²) in [5.41, 5.74) is 0. The van der Waals surface area contributed by atoms with Gasteiger partial charge in [0.2, 0.25) is 0 Å². The molecule has 0 spiro atoms. The van der Waals surface area contributed by atoms with Crippen LogP contribution >= 0.6 is 0 Å². The van der Waals surface area contributed by atoms with E-state index >= 15 is 0 Å². The van der Waals surface area contributed by atoms with Gasteiger partial charge in [-0.1, -0.05) is 0 Å². The van der Waals surface area contributed by atoms with Gasteiger partial charge in [-0.05, 0) is 0 Å². The Bertz CT molecular complexity index is 52.1. The molecule has 3 nitrogen and oxygen atoms in total. The monoisotopic (exact) mass is 120 g/mol. The molecule has 1 aliphatic rings. The molecule has 0 radical (unpaired) electrons. The van der Waals surface area contributed by atoms with Crippen LogP contribution in [-0.4, -0.2) is 23.4 Å². The summed E-state index contributed by atoms with van der Waals surface area (Å²) in [6.45, 7) is 0.674. The molecule has 0 bridgehead atoms. The Morgan fingerprint density at radius 3 is 2.86 bits per heavy atom. The fraction of sp³-hybridized carbons (Fsp3) is 1.00. The minimum Gasteiger partial charge on any atom is -0.402 e. The molecule has 1 heterocycles. The van der Waals surface area contributed by atoms with Crippen molar-refractivity contribution in [2.45, 2.75) is 12.7 Å². The van der Waals surface area contributed by atoms with E-state index in [-0.39, 0.29) is 6.29 Å². The molecule has 0 saturated carbocycles. The van der Waals surface area contributed by atoms with Gasteiger partial charge in [-0.3, -0.25) is 0 Å². The van der Waals surface area contributed by atoms with Gasteiger partial charge in [-0.25, -0.2) is 9.78 Å². The number of hydrogen-bond acceptors (Lipinski definition) is 3. The van der Waals surface area contributed by atoms with E-state index in [0.29, 0.717) is 6.61 Å². The van der Waals surface area contributed by atoms with E-state index in [1.165, 1.54) is 0 Å². The van der Waals surface area contributed by atoms with Crippen molar-refractivity contribution in [2.24, 2.45) is 0 Å².